The molecule has 0 aliphatic carbocycles. The van der Waals surface area contributed by atoms with Gasteiger partial charge in [-0.3, -0.25) is 19.0 Å². The van der Waals surface area contributed by atoms with E-state index in [0.717, 1.165) is 11.3 Å². The predicted octanol–water partition coefficient (Wildman–Crippen LogP) is 2.63. The van der Waals surface area contributed by atoms with Gasteiger partial charge in [0.05, 0.1) is 42.3 Å². The molecule has 0 saturated carbocycles. The second-order valence-electron chi connectivity index (χ2n) is 9.22. The van der Waals surface area contributed by atoms with Gasteiger partial charge in [0.1, 0.15) is 4.53 Å². The molecule has 5 rings (SSSR count). The zero-order chi connectivity index (χ0) is 29.4. The summed E-state index contributed by atoms with van der Waals surface area (Å²) in [6.07, 6.45) is 1.63. The van der Waals surface area contributed by atoms with Crippen LogP contribution in [0.15, 0.2) is 76.2 Å². The van der Waals surface area contributed by atoms with Crippen molar-refractivity contribution in [2.45, 2.75) is 26.8 Å². The van der Waals surface area contributed by atoms with Crippen LogP contribution in [0.25, 0.3) is 5.57 Å². The van der Waals surface area contributed by atoms with Crippen LogP contribution in [-0.2, 0) is 19.1 Å². The number of benzene rings is 2. The van der Waals surface area contributed by atoms with E-state index in [1.807, 2.05) is 18.2 Å². The summed E-state index contributed by atoms with van der Waals surface area (Å²) >= 11 is 1.08. The molecule has 41 heavy (non-hydrogen) atoms. The van der Waals surface area contributed by atoms with Crippen LogP contribution in [0.1, 0.15) is 37.9 Å². The lowest BCUT2D eigenvalue weighted by molar-refractivity contribution is -0.139. The van der Waals surface area contributed by atoms with Crippen molar-refractivity contribution < 1.29 is 28.6 Å². The second-order valence-corrected chi connectivity index (χ2v) is 10.2. The summed E-state index contributed by atoms with van der Waals surface area (Å²) in [5, 5.41) is 0. The van der Waals surface area contributed by atoms with Gasteiger partial charge < -0.3 is 19.1 Å². The molecule has 0 radical (unpaired) electrons. The molecule has 0 N–H and O–H groups in total. The molecule has 1 unspecified atom stereocenters. The van der Waals surface area contributed by atoms with E-state index < -0.39 is 23.5 Å². The van der Waals surface area contributed by atoms with Gasteiger partial charge in [-0.1, -0.05) is 41.7 Å². The number of hydrogen-bond donors (Lipinski definition) is 0. The Hall–Kier alpha value is -4.77. The highest BCUT2D eigenvalue weighted by Crippen LogP contribution is 2.37. The third-order valence-corrected chi connectivity index (χ3v) is 7.77. The number of fused-ring (bicyclic) bond motifs is 2. The zero-order valence-electron chi connectivity index (χ0n) is 22.9. The monoisotopic (exact) mass is 573 g/mol. The summed E-state index contributed by atoms with van der Waals surface area (Å²) in [4.78, 5) is 59.2. The fourth-order valence-electron chi connectivity index (χ4n) is 5.06. The molecule has 2 aliphatic heterocycles. The van der Waals surface area contributed by atoms with E-state index in [-0.39, 0.29) is 46.2 Å². The minimum Gasteiger partial charge on any atom is -0.493 e. The number of methoxy groups -OCH3 is 1. The van der Waals surface area contributed by atoms with Crippen LogP contribution in [0.5, 0.6) is 11.5 Å². The maximum atomic E-state index is 14.2. The average Bonchev–Trinajstić information content (AvgIpc) is 3.40. The second kappa shape index (κ2) is 11.0. The maximum absolute atomic E-state index is 14.2. The van der Waals surface area contributed by atoms with Crippen LogP contribution in [0, 0.1) is 0 Å². The Morgan fingerprint density at radius 3 is 2.59 bits per heavy atom. The number of anilines is 1. The number of ether oxygens (including phenoxy) is 3. The zero-order valence-corrected chi connectivity index (χ0v) is 23.7. The van der Waals surface area contributed by atoms with Gasteiger partial charge in [0.15, 0.2) is 16.3 Å². The average molecular weight is 574 g/mol. The Morgan fingerprint density at radius 1 is 1.15 bits per heavy atom. The van der Waals surface area contributed by atoms with Crippen LogP contribution >= 0.6 is 11.3 Å². The number of nitrogens with zero attached hydrogens (tertiary/aromatic N) is 3. The van der Waals surface area contributed by atoms with Gasteiger partial charge in [0.2, 0.25) is 0 Å². The number of rotatable bonds is 7. The van der Waals surface area contributed by atoms with Crippen molar-refractivity contribution in [2.75, 3.05) is 25.2 Å². The molecule has 2 aliphatic rings. The first-order valence-corrected chi connectivity index (χ1v) is 13.6. The van der Waals surface area contributed by atoms with Crippen molar-refractivity contribution in [3.63, 3.8) is 0 Å². The summed E-state index contributed by atoms with van der Waals surface area (Å²) in [6, 6.07) is 11.1. The summed E-state index contributed by atoms with van der Waals surface area (Å²) in [6.45, 7) is 8.79. The van der Waals surface area contributed by atoms with Gasteiger partial charge in [0, 0.05) is 19.0 Å². The Bertz CT molecular complexity index is 1830. The van der Waals surface area contributed by atoms with Gasteiger partial charge in [-0.15, -0.1) is 6.58 Å². The standard InChI is InChI=1S/C30H27N3O7S/c1-6-14-32-20-11-9-8-10-19(20)24(27(32)35)26-28(36)33-25(18-12-13-21(40-17(4)34)22(15-18)38-5)23(29(37)39-7-2)16(3)31-30(33)41-26/h6,8-13,15,25H,1,7,14H2,2-5H3. The van der Waals surface area contributed by atoms with Crippen LogP contribution in [0.3, 0.4) is 0 Å². The quantitative estimate of drug-likeness (QED) is 0.242. The largest absolute Gasteiger partial charge is 0.493 e. The van der Waals surface area contributed by atoms with E-state index in [4.69, 9.17) is 14.2 Å². The molecule has 210 valence electrons. The lowest BCUT2D eigenvalue weighted by atomic mass is 9.95. The van der Waals surface area contributed by atoms with Gasteiger partial charge in [-0.2, -0.15) is 0 Å². The van der Waals surface area contributed by atoms with E-state index in [2.05, 4.69) is 11.6 Å². The van der Waals surface area contributed by atoms with Crippen LogP contribution in [0.2, 0.25) is 0 Å². The van der Waals surface area contributed by atoms with Crippen LogP contribution in [-0.4, -0.2) is 42.7 Å². The highest BCUT2D eigenvalue weighted by atomic mass is 32.1. The molecule has 0 saturated heterocycles. The summed E-state index contributed by atoms with van der Waals surface area (Å²) in [5.41, 5.74) is 2.16. The summed E-state index contributed by atoms with van der Waals surface area (Å²) in [5.74, 6) is -1.05. The van der Waals surface area contributed by atoms with Crippen molar-refractivity contribution in [3.8, 4) is 11.5 Å². The number of para-hydroxylation sites is 1. The normalized spacial score (nSPS) is 17.0. The number of carbonyl (C=O) groups is 3. The smallest absolute Gasteiger partial charge is 0.338 e. The molecule has 1 amide bonds. The highest BCUT2D eigenvalue weighted by Gasteiger charge is 2.37. The van der Waals surface area contributed by atoms with E-state index >= 15 is 0 Å². The number of carbonyl (C=O) groups excluding carboxylic acids is 3. The number of thiazole rings is 1. The molecular weight excluding hydrogens is 546 g/mol. The first-order chi connectivity index (χ1) is 19.7. The third-order valence-electron chi connectivity index (χ3n) is 6.71. The number of aromatic nitrogens is 1. The Labute approximate surface area is 239 Å². The highest BCUT2D eigenvalue weighted by molar-refractivity contribution is 7.07. The van der Waals surface area contributed by atoms with E-state index in [1.165, 1.54) is 24.7 Å². The molecule has 3 heterocycles. The molecule has 10 nitrogen and oxygen atoms in total. The van der Waals surface area contributed by atoms with Crippen molar-refractivity contribution in [1.82, 2.24) is 4.57 Å². The van der Waals surface area contributed by atoms with Gasteiger partial charge in [0.25, 0.3) is 11.5 Å². The minimum absolute atomic E-state index is 0.121. The number of allylic oxidation sites excluding steroid dienone is 1. The molecule has 0 spiro atoms. The molecule has 1 atom stereocenters. The molecule has 0 fully saturated rings. The summed E-state index contributed by atoms with van der Waals surface area (Å²) in [7, 11) is 1.42. The molecule has 11 heteroatoms. The lowest BCUT2D eigenvalue weighted by Crippen LogP contribution is -2.41. The van der Waals surface area contributed by atoms with E-state index in [9.17, 15) is 19.2 Å². The number of hydrogen-bond acceptors (Lipinski definition) is 9. The predicted molar refractivity (Wildman–Crippen MR) is 153 cm³/mol. The SMILES string of the molecule is C=CCN1C(=O)C(=c2sc3n(c2=O)C(c2ccc(OC(C)=O)c(OC)c2)C(C(=O)OCC)=C(C)N=3)c2ccccc21. The lowest BCUT2D eigenvalue weighted by Gasteiger charge is -2.25. The molecule has 0 bridgehead atoms. The molecule has 2 aromatic carbocycles. The summed E-state index contributed by atoms with van der Waals surface area (Å²) < 4.78 is 17.7. The Kier molecular flexibility index (Phi) is 7.46. The fourth-order valence-corrected chi connectivity index (χ4v) is 6.20. The van der Waals surface area contributed by atoms with Crippen LogP contribution < -0.4 is 29.3 Å². The first-order valence-electron chi connectivity index (χ1n) is 12.8. The van der Waals surface area contributed by atoms with Crippen molar-refractivity contribution >= 4 is 40.4 Å². The maximum Gasteiger partial charge on any atom is 0.338 e. The fraction of sp³-hybridized carbons (Fsp3) is 0.233. The third kappa shape index (κ3) is 4.67. The van der Waals surface area contributed by atoms with Crippen molar-refractivity contribution in [3.05, 3.63) is 97.2 Å². The number of amides is 1. The number of esters is 2. The Balaban J connectivity index is 1.80. The van der Waals surface area contributed by atoms with Crippen LogP contribution in [0.4, 0.5) is 5.69 Å². The van der Waals surface area contributed by atoms with Gasteiger partial charge >= 0.3 is 11.9 Å². The molecule has 3 aromatic rings. The van der Waals surface area contributed by atoms with Crippen molar-refractivity contribution in [1.29, 1.82) is 0 Å². The topological polar surface area (TPSA) is 117 Å². The van der Waals surface area contributed by atoms with E-state index in [0.29, 0.717) is 27.3 Å². The van der Waals surface area contributed by atoms with Crippen molar-refractivity contribution in [2.24, 2.45) is 4.99 Å². The van der Waals surface area contributed by atoms with E-state index in [1.54, 1.807) is 43.0 Å². The minimum atomic E-state index is -0.948. The van der Waals surface area contributed by atoms with Gasteiger partial charge in [-0.25, -0.2) is 9.79 Å². The molecule has 1 aromatic heterocycles. The molecular formula is C30H27N3O7S. The Morgan fingerprint density at radius 2 is 1.90 bits per heavy atom. The first kappa shape index (κ1) is 27.8. The van der Waals surface area contributed by atoms with Gasteiger partial charge in [-0.05, 0) is 37.6 Å².